The molecule has 14 heavy (non-hydrogen) atoms. The van der Waals surface area contributed by atoms with Gasteiger partial charge in [-0.25, -0.2) is 4.79 Å². The molecule has 3 nitrogen and oxygen atoms in total. The van der Waals surface area contributed by atoms with E-state index in [4.69, 9.17) is 9.15 Å². The van der Waals surface area contributed by atoms with Gasteiger partial charge in [-0.1, -0.05) is 19.6 Å². The second kappa shape index (κ2) is 4.00. The molecule has 0 unspecified atom stereocenters. The number of furan rings is 1. The highest BCUT2D eigenvalue weighted by Crippen LogP contribution is 2.07. The summed E-state index contributed by atoms with van der Waals surface area (Å²) in [4.78, 5) is 11.3. The van der Waals surface area contributed by atoms with Crippen LogP contribution < -0.4 is 5.38 Å². The van der Waals surface area contributed by atoms with Crippen LogP contribution in [0.3, 0.4) is 0 Å². The van der Waals surface area contributed by atoms with Crippen LogP contribution in [0.15, 0.2) is 16.5 Å². The summed E-state index contributed by atoms with van der Waals surface area (Å²) in [6.07, 6.45) is 0. The van der Waals surface area contributed by atoms with Gasteiger partial charge in [0.15, 0.2) is 0 Å². The van der Waals surface area contributed by atoms with Gasteiger partial charge in [-0.15, -0.1) is 0 Å². The van der Waals surface area contributed by atoms with E-state index in [0.29, 0.717) is 12.4 Å². The van der Waals surface area contributed by atoms with E-state index in [0.717, 1.165) is 5.38 Å². The molecule has 78 valence electrons. The van der Waals surface area contributed by atoms with Crippen LogP contribution in [-0.2, 0) is 4.74 Å². The molecule has 0 bridgehead atoms. The summed E-state index contributed by atoms with van der Waals surface area (Å²) in [6, 6.07) is 3.56. The van der Waals surface area contributed by atoms with Crippen LogP contribution >= 0.6 is 0 Å². The van der Waals surface area contributed by atoms with Crippen molar-refractivity contribution in [3.63, 3.8) is 0 Å². The molecule has 1 rings (SSSR count). The fraction of sp³-hybridized carbons (Fsp3) is 0.500. The first kappa shape index (κ1) is 11.0. The Morgan fingerprint density at radius 1 is 1.43 bits per heavy atom. The molecular formula is C10H16O3Si. The molecule has 0 amide bonds. The summed E-state index contributed by atoms with van der Waals surface area (Å²) in [5.74, 6) is -0.0683. The molecule has 0 N–H and O–H groups in total. The van der Waals surface area contributed by atoms with Crippen LogP contribution in [0.4, 0.5) is 0 Å². The van der Waals surface area contributed by atoms with Crippen LogP contribution in [0.2, 0.25) is 19.6 Å². The molecule has 4 heteroatoms. The molecule has 1 aromatic heterocycles. The minimum absolute atomic E-state index is 0.310. The number of carbonyl (C=O) groups is 1. The van der Waals surface area contributed by atoms with E-state index < -0.39 is 8.07 Å². The molecule has 0 aliphatic heterocycles. The molecule has 0 atom stereocenters. The smallest absolute Gasteiger partial charge is 0.374 e. The molecular weight excluding hydrogens is 196 g/mol. The Kier molecular flexibility index (Phi) is 3.16. The Morgan fingerprint density at radius 3 is 2.50 bits per heavy atom. The molecule has 0 spiro atoms. The average molecular weight is 212 g/mol. The largest absolute Gasteiger partial charge is 0.460 e. The molecule has 0 aromatic carbocycles. The van der Waals surface area contributed by atoms with Gasteiger partial charge in [0.1, 0.15) is 8.07 Å². The molecule has 0 radical (unpaired) electrons. The van der Waals surface area contributed by atoms with E-state index in [1.165, 1.54) is 0 Å². The van der Waals surface area contributed by atoms with E-state index in [9.17, 15) is 4.79 Å². The maximum Gasteiger partial charge on any atom is 0.374 e. The maximum atomic E-state index is 11.3. The molecule has 1 heterocycles. The van der Waals surface area contributed by atoms with Gasteiger partial charge in [-0.05, 0) is 19.1 Å². The zero-order valence-electron chi connectivity index (χ0n) is 9.09. The van der Waals surface area contributed by atoms with Gasteiger partial charge in [-0.2, -0.15) is 0 Å². The zero-order valence-corrected chi connectivity index (χ0v) is 10.1. The van der Waals surface area contributed by atoms with Crippen LogP contribution in [0.5, 0.6) is 0 Å². The van der Waals surface area contributed by atoms with Crippen molar-refractivity contribution in [1.29, 1.82) is 0 Å². The van der Waals surface area contributed by atoms with Gasteiger partial charge >= 0.3 is 5.97 Å². The SMILES string of the molecule is CCOC(=O)c1ccc([Si](C)(C)C)o1. The average Bonchev–Trinajstić information content (AvgIpc) is 2.51. The second-order valence-corrected chi connectivity index (χ2v) is 9.13. The van der Waals surface area contributed by atoms with Crippen molar-refractivity contribution in [2.75, 3.05) is 6.61 Å². The monoisotopic (exact) mass is 212 g/mol. The topological polar surface area (TPSA) is 39.4 Å². The van der Waals surface area contributed by atoms with Crippen molar-refractivity contribution in [2.45, 2.75) is 26.6 Å². The predicted octanol–water partition coefficient (Wildman–Crippen LogP) is 2.00. The number of rotatable bonds is 3. The quantitative estimate of drug-likeness (QED) is 0.568. The lowest BCUT2D eigenvalue weighted by atomic mass is 10.5. The fourth-order valence-corrected chi connectivity index (χ4v) is 2.05. The van der Waals surface area contributed by atoms with Crippen molar-refractivity contribution >= 4 is 19.4 Å². The minimum Gasteiger partial charge on any atom is -0.460 e. The van der Waals surface area contributed by atoms with Gasteiger partial charge in [0.05, 0.1) is 12.0 Å². The first-order valence-electron chi connectivity index (χ1n) is 4.72. The first-order chi connectivity index (χ1) is 6.45. The van der Waals surface area contributed by atoms with Gasteiger partial charge in [0, 0.05) is 0 Å². The van der Waals surface area contributed by atoms with Crippen molar-refractivity contribution in [1.82, 2.24) is 0 Å². The number of ether oxygens (including phenoxy) is 1. The summed E-state index contributed by atoms with van der Waals surface area (Å²) in [5, 5.41) is 0.931. The lowest BCUT2D eigenvalue weighted by Crippen LogP contribution is -2.36. The van der Waals surface area contributed by atoms with Crippen molar-refractivity contribution in [3.05, 3.63) is 17.9 Å². The van der Waals surface area contributed by atoms with Gasteiger partial charge < -0.3 is 9.15 Å². The molecule has 1 aromatic rings. The maximum absolute atomic E-state index is 11.3. The zero-order chi connectivity index (χ0) is 10.8. The summed E-state index contributed by atoms with van der Waals surface area (Å²) >= 11 is 0. The Balaban J connectivity index is 2.83. The summed E-state index contributed by atoms with van der Waals surface area (Å²) in [7, 11) is -1.46. The third kappa shape index (κ3) is 2.48. The standard InChI is InChI=1S/C10H16O3Si/c1-5-12-10(11)8-6-7-9(13-8)14(2,3)4/h6-7H,5H2,1-4H3. The molecule has 0 fully saturated rings. The lowest BCUT2D eigenvalue weighted by molar-refractivity contribution is 0.0492. The van der Waals surface area contributed by atoms with Crippen LogP contribution in [0, 0.1) is 0 Å². The summed E-state index contributed by atoms with van der Waals surface area (Å²) in [6.45, 7) is 8.66. The first-order valence-corrected chi connectivity index (χ1v) is 8.22. The highest BCUT2D eigenvalue weighted by atomic mass is 28.3. The molecule has 0 saturated heterocycles. The highest BCUT2D eigenvalue weighted by Gasteiger charge is 2.22. The van der Waals surface area contributed by atoms with Gasteiger partial charge in [0.2, 0.25) is 5.76 Å². The summed E-state index contributed by atoms with van der Waals surface area (Å²) < 4.78 is 10.3. The molecule has 0 saturated carbocycles. The third-order valence-corrected chi connectivity index (χ3v) is 3.57. The van der Waals surface area contributed by atoms with Gasteiger partial charge in [-0.3, -0.25) is 0 Å². The molecule has 0 aliphatic rings. The van der Waals surface area contributed by atoms with Crippen LogP contribution in [0.1, 0.15) is 17.5 Å². The van der Waals surface area contributed by atoms with E-state index in [-0.39, 0.29) is 5.97 Å². The number of esters is 1. The third-order valence-electron chi connectivity index (χ3n) is 1.82. The number of carbonyl (C=O) groups excluding carboxylic acids is 1. The Bertz CT molecular complexity index is 322. The number of hydrogen-bond donors (Lipinski definition) is 0. The Morgan fingerprint density at radius 2 is 2.07 bits per heavy atom. The predicted molar refractivity (Wildman–Crippen MR) is 57.6 cm³/mol. The minimum atomic E-state index is -1.46. The number of hydrogen-bond acceptors (Lipinski definition) is 3. The van der Waals surface area contributed by atoms with Crippen LogP contribution in [-0.4, -0.2) is 20.7 Å². The fourth-order valence-electron chi connectivity index (χ4n) is 1.05. The normalized spacial score (nSPS) is 11.4. The highest BCUT2D eigenvalue weighted by molar-refractivity contribution is 6.87. The Hall–Kier alpha value is -1.03. The van der Waals surface area contributed by atoms with E-state index >= 15 is 0 Å². The van der Waals surface area contributed by atoms with E-state index in [2.05, 4.69) is 19.6 Å². The second-order valence-electron chi connectivity index (χ2n) is 4.13. The lowest BCUT2D eigenvalue weighted by Gasteiger charge is -2.10. The van der Waals surface area contributed by atoms with Gasteiger partial charge in [0.25, 0.3) is 0 Å². The van der Waals surface area contributed by atoms with Crippen molar-refractivity contribution in [2.24, 2.45) is 0 Å². The Labute approximate surface area is 85.1 Å². The summed E-state index contributed by atoms with van der Waals surface area (Å²) in [5.41, 5.74) is 0. The van der Waals surface area contributed by atoms with E-state index in [1.807, 2.05) is 6.07 Å². The van der Waals surface area contributed by atoms with E-state index in [1.54, 1.807) is 13.0 Å². The van der Waals surface area contributed by atoms with Crippen LogP contribution in [0.25, 0.3) is 0 Å². The van der Waals surface area contributed by atoms with Crippen molar-refractivity contribution in [3.8, 4) is 0 Å². The van der Waals surface area contributed by atoms with Crippen molar-refractivity contribution < 1.29 is 13.9 Å². The molecule has 0 aliphatic carbocycles.